The molecule has 1 atom stereocenters. The van der Waals surface area contributed by atoms with Crippen LogP contribution in [0.15, 0.2) is 0 Å². The van der Waals surface area contributed by atoms with Gasteiger partial charge >= 0.3 is 6.18 Å². The van der Waals surface area contributed by atoms with Crippen molar-refractivity contribution in [3.05, 3.63) is 0 Å². The van der Waals surface area contributed by atoms with Gasteiger partial charge < -0.3 is 5.32 Å². The van der Waals surface area contributed by atoms with Gasteiger partial charge in [-0.2, -0.15) is 13.2 Å². The van der Waals surface area contributed by atoms with Gasteiger partial charge in [0.15, 0.2) is 0 Å². The number of alkyl halides is 3. The molecular formula is C11H20F3N. The highest BCUT2D eigenvalue weighted by molar-refractivity contribution is 5.08. The second-order valence-corrected chi connectivity index (χ2v) is 4.62. The first-order valence-corrected chi connectivity index (χ1v) is 5.76. The molecule has 0 aromatic rings. The van der Waals surface area contributed by atoms with E-state index in [1.165, 1.54) is 0 Å². The van der Waals surface area contributed by atoms with E-state index in [9.17, 15) is 13.2 Å². The zero-order valence-electron chi connectivity index (χ0n) is 9.45. The van der Waals surface area contributed by atoms with E-state index in [4.69, 9.17) is 0 Å². The van der Waals surface area contributed by atoms with Crippen LogP contribution in [0.5, 0.6) is 0 Å². The summed E-state index contributed by atoms with van der Waals surface area (Å²) in [6.07, 6.45) is 0.474. The molecule has 0 aromatic carbocycles. The van der Waals surface area contributed by atoms with Gasteiger partial charge in [-0.15, -0.1) is 0 Å². The second-order valence-electron chi connectivity index (χ2n) is 4.62. The number of halogens is 3. The molecule has 90 valence electrons. The van der Waals surface area contributed by atoms with Gasteiger partial charge in [0.2, 0.25) is 0 Å². The van der Waals surface area contributed by atoms with E-state index in [1.807, 2.05) is 6.92 Å². The van der Waals surface area contributed by atoms with Crippen molar-refractivity contribution in [1.82, 2.24) is 5.32 Å². The second kappa shape index (κ2) is 4.73. The Hall–Kier alpha value is -0.250. The SMILES string of the molecule is CCCCCC(C)NC1(C(F)(F)F)CC1. The van der Waals surface area contributed by atoms with E-state index in [1.54, 1.807) is 0 Å². The Morgan fingerprint density at radius 1 is 1.27 bits per heavy atom. The Balaban J connectivity index is 2.29. The van der Waals surface area contributed by atoms with E-state index in [2.05, 4.69) is 12.2 Å². The summed E-state index contributed by atoms with van der Waals surface area (Å²) in [4.78, 5) is 0. The molecule has 4 heteroatoms. The van der Waals surface area contributed by atoms with Crippen LogP contribution in [0.1, 0.15) is 52.4 Å². The summed E-state index contributed by atoms with van der Waals surface area (Å²) < 4.78 is 37.7. The van der Waals surface area contributed by atoms with E-state index in [-0.39, 0.29) is 18.9 Å². The van der Waals surface area contributed by atoms with E-state index in [0.717, 1.165) is 25.7 Å². The van der Waals surface area contributed by atoms with Gasteiger partial charge in [0.25, 0.3) is 0 Å². The third-order valence-corrected chi connectivity index (χ3v) is 3.06. The van der Waals surface area contributed by atoms with E-state index in [0.29, 0.717) is 0 Å². The summed E-state index contributed by atoms with van der Waals surface area (Å²) in [5.74, 6) is 0. The molecule has 0 heterocycles. The first-order valence-electron chi connectivity index (χ1n) is 5.76. The molecule has 1 N–H and O–H groups in total. The van der Waals surface area contributed by atoms with Crippen molar-refractivity contribution < 1.29 is 13.2 Å². The molecular weight excluding hydrogens is 203 g/mol. The van der Waals surface area contributed by atoms with Gasteiger partial charge in [-0.3, -0.25) is 0 Å². The molecule has 0 aromatic heterocycles. The van der Waals surface area contributed by atoms with Crippen LogP contribution in [0, 0.1) is 0 Å². The van der Waals surface area contributed by atoms with Crippen molar-refractivity contribution >= 4 is 0 Å². The maximum absolute atomic E-state index is 12.6. The Morgan fingerprint density at radius 3 is 2.27 bits per heavy atom. The summed E-state index contributed by atoms with van der Waals surface area (Å²) in [6, 6.07) is -0.0272. The fourth-order valence-electron chi connectivity index (χ4n) is 1.88. The standard InChI is InChI=1S/C11H20F3N/c1-3-4-5-6-9(2)15-10(7-8-10)11(12,13)14/h9,15H,3-8H2,1-2H3. The van der Waals surface area contributed by atoms with Gasteiger partial charge in [0.05, 0.1) is 0 Å². The number of hydrogen-bond donors (Lipinski definition) is 1. The predicted octanol–water partition coefficient (Wildman–Crippen LogP) is 3.64. The van der Waals surface area contributed by atoms with Crippen molar-refractivity contribution in [3.63, 3.8) is 0 Å². The number of nitrogens with one attached hydrogen (secondary N) is 1. The highest BCUT2D eigenvalue weighted by Gasteiger charge is 2.63. The molecule has 1 saturated carbocycles. The molecule has 0 aliphatic heterocycles. The highest BCUT2D eigenvalue weighted by Crippen LogP contribution is 2.49. The Morgan fingerprint density at radius 2 is 1.87 bits per heavy atom. The number of hydrogen-bond acceptors (Lipinski definition) is 1. The molecule has 0 bridgehead atoms. The molecule has 1 nitrogen and oxygen atoms in total. The third-order valence-electron chi connectivity index (χ3n) is 3.06. The maximum atomic E-state index is 12.6. The van der Waals surface area contributed by atoms with Gasteiger partial charge in [0, 0.05) is 6.04 Å². The topological polar surface area (TPSA) is 12.0 Å². The minimum absolute atomic E-state index is 0.0272. The zero-order chi connectivity index (χ0) is 11.5. The van der Waals surface area contributed by atoms with Crippen LogP contribution < -0.4 is 5.32 Å². The molecule has 1 aliphatic rings. The van der Waals surface area contributed by atoms with E-state index < -0.39 is 11.7 Å². The molecule has 0 spiro atoms. The molecule has 1 fully saturated rings. The fraction of sp³-hybridized carbons (Fsp3) is 1.00. The lowest BCUT2D eigenvalue weighted by Crippen LogP contribution is -2.48. The minimum Gasteiger partial charge on any atom is -0.301 e. The molecule has 0 saturated heterocycles. The first kappa shape index (κ1) is 12.8. The van der Waals surface area contributed by atoms with E-state index >= 15 is 0 Å². The highest BCUT2D eigenvalue weighted by atomic mass is 19.4. The summed E-state index contributed by atoms with van der Waals surface area (Å²) in [5.41, 5.74) is -1.54. The van der Waals surface area contributed by atoms with Crippen LogP contribution in [-0.2, 0) is 0 Å². The summed E-state index contributed by atoms with van der Waals surface area (Å²) in [5, 5.41) is 2.74. The third kappa shape index (κ3) is 3.37. The summed E-state index contributed by atoms with van der Waals surface area (Å²) >= 11 is 0. The van der Waals surface area contributed by atoms with Crippen LogP contribution in [-0.4, -0.2) is 17.8 Å². The van der Waals surface area contributed by atoms with Gasteiger partial charge in [-0.25, -0.2) is 0 Å². The van der Waals surface area contributed by atoms with Gasteiger partial charge in [-0.05, 0) is 26.2 Å². The smallest absolute Gasteiger partial charge is 0.301 e. The Bertz CT molecular complexity index is 196. The molecule has 15 heavy (non-hydrogen) atoms. The molecule has 1 aliphatic carbocycles. The van der Waals surface area contributed by atoms with Crippen LogP contribution >= 0.6 is 0 Å². The largest absolute Gasteiger partial charge is 0.406 e. The molecule has 1 rings (SSSR count). The van der Waals surface area contributed by atoms with Gasteiger partial charge in [-0.1, -0.05) is 26.2 Å². The quantitative estimate of drug-likeness (QED) is 0.678. The van der Waals surface area contributed by atoms with Crippen LogP contribution in [0.25, 0.3) is 0 Å². The average molecular weight is 223 g/mol. The Labute approximate surface area is 89.4 Å². The summed E-state index contributed by atoms with van der Waals surface area (Å²) in [6.45, 7) is 3.94. The average Bonchev–Trinajstić information content (AvgIpc) is 2.84. The molecule has 0 amide bonds. The maximum Gasteiger partial charge on any atom is 0.406 e. The van der Waals surface area contributed by atoms with Crippen LogP contribution in [0.2, 0.25) is 0 Å². The van der Waals surface area contributed by atoms with Crippen LogP contribution in [0.3, 0.4) is 0 Å². The monoisotopic (exact) mass is 223 g/mol. The van der Waals surface area contributed by atoms with Crippen molar-refractivity contribution in [2.45, 2.75) is 70.1 Å². The molecule has 1 unspecified atom stereocenters. The van der Waals surface area contributed by atoms with Crippen molar-refractivity contribution in [3.8, 4) is 0 Å². The van der Waals surface area contributed by atoms with Crippen molar-refractivity contribution in [2.75, 3.05) is 0 Å². The zero-order valence-corrected chi connectivity index (χ0v) is 9.45. The lowest BCUT2D eigenvalue weighted by atomic mass is 10.1. The fourth-order valence-corrected chi connectivity index (χ4v) is 1.88. The number of unbranched alkanes of at least 4 members (excludes halogenated alkanes) is 2. The van der Waals surface area contributed by atoms with Crippen LogP contribution in [0.4, 0.5) is 13.2 Å². The lowest BCUT2D eigenvalue weighted by molar-refractivity contribution is -0.167. The first-order chi connectivity index (χ1) is 6.91. The van der Waals surface area contributed by atoms with Gasteiger partial charge in [0.1, 0.15) is 5.54 Å². The Kier molecular flexibility index (Phi) is 4.04. The summed E-state index contributed by atoms with van der Waals surface area (Å²) in [7, 11) is 0. The predicted molar refractivity (Wildman–Crippen MR) is 54.8 cm³/mol. The minimum atomic E-state index is -4.08. The number of rotatable bonds is 6. The lowest BCUT2D eigenvalue weighted by Gasteiger charge is -2.25. The van der Waals surface area contributed by atoms with Crippen molar-refractivity contribution in [2.24, 2.45) is 0 Å². The normalized spacial score (nSPS) is 21.4. The van der Waals surface area contributed by atoms with Crippen molar-refractivity contribution in [1.29, 1.82) is 0 Å². The molecule has 0 radical (unpaired) electrons.